The van der Waals surface area contributed by atoms with Crippen molar-refractivity contribution < 1.29 is 9.21 Å². The standard InChI is InChI=1S/C11H16BrNO2/c1-9(8-12)13(2)11(14)6-5-10-4-3-7-15-10/h3-4,7,9H,5-6,8H2,1-2H3. The second kappa shape index (κ2) is 5.95. The Kier molecular flexibility index (Phi) is 4.88. The molecule has 0 aromatic carbocycles. The highest BCUT2D eigenvalue weighted by Gasteiger charge is 2.14. The van der Waals surface area contributed by atoms with E-state index in [1.807, 2.05) is 26.1 Å². The summed E-state index contributed by atoms with van der Waals surface area (Å²) in [7, 11) is 1.83. The summed E-state index contributed by atoms with van der Waals surface area (Å²) in [6, 6.07) is 3.96. The van der Waals surface area contributed by atoms with Crippen molar-refractivity contribution in [3.05, 3.63) is 24.2 Å². The summed E-state index contributed by atoms with van der Waals surface area (Å²) in [4.78, 5) is 13.5. The Hall–Kier alpha value is -0.770. The van der Waals surface area contributed by atoms with E-state index in [-0.39, 0.29) is 11.9 Å². The van der Waals surface area contributed by atoms with Gasteiger partial charge in [-0.1, -0.05) is 15.9 Å². The lowest BCUT2D eigenvalue weighted by molar-refractivity contribution is -0.131. The lowest BCUT2D eigenvalue weighted by Gasteiger charge is -2.22. The highest BCUT2D eigenvalue weighted by atomic mass is 79.9. The Morgan fingerprint density at radius 2 is 2.40 bits per heavy atom. The van der Waals surface area contributed by atoms with Crippen LogP contribution < -0.4 is 0 Å². The number of amides is 1. The van der Waals surface area contributed by atoms with Crippen LogP contribution in [0.2, 0.25) is 0 Å². The van der Waals surface area contributed by atoms with Crippen molar-refractivity contribution >= 4 is 21.8 Å². The van der Waals surface area contributed by atoms with Gasteiger partial charge < -0.3 is 9.32 Å². The van der Waals surface area contributed by atoms with E-state index < -0.39 is 0 Å². The fourth-order valence-electron chi connectivity index (χ4n) is 1.21. The van der Waals surface area contributed by atoms with Gasteiger partial charge in [-0.05, 0) is 19.1 Å². The summed E-state index contributed by atoms with van der Waals surface area (Å²) in [5.74, 6) is 1.02. The van der Waals surface area contributed by atoms with Crippen LogP contribution >= 0.6 is 15.9 Å². The number of furan rings is 1. The molecular formula is C11H16BrNO2. The number of alkyl halides is 1. The molecule has 0 spiro atoms. The number of carbonyl (C=O) groups is 1. The number of carbonyl (C=O) groups excluding carboxylic acids is 1. The number of halogens is 1. The molecule has 1 aromatic heterocycles. The molecule has 0 N–H and O–H groups in total. The molecule has 0 bridgehead atoms. The van der Waals surface area contributed by atoms with Crippen LogP contribution in [0.5, 0.6) is 0 Å². The first kappa shape index (κ1) is 12.3. The zero-order valence-electron chi connectivity index (χ0n) is 9.07. The summed E-state index contributed by atoms with van der Waals surface area (Å²) in [5, 5.41) is 0.802. The number of aryl methyl sites for hydroxylation is 1. The number of hydrogen-bond acceptors (Lipinski definition) is 2. The smallest absolute Gasteiger partial charge is 0.223 e. The van der Waals surface area contributed by atoms with Crippen LogP contribution in [0.3, 0.4) is 0 Å². The van der Waals surface area contributed by atoms with E-state index in [4.69, 9.17) is 4.42 Å². The number of hydrogen-bond donors (Lipinski definition) is 0. The van der Waals surface area contributed by atoms with Crippen molar-refractivity contribution in [1.82, 2.24) is 4.90 Å². The lowest BCUT2D eigenvalue weighted by atomic mass is 10.2. The number of nitrogens with zero attached hydrogens (tertiary/aromatic N) is 1. The largest absolute Gasteiger partial charge is 0.469 e. The maximum atomic E-state index is 11.7. The number of rotatable bonds is 5. The molecule has 0 radical (unpaired) electrons. The molecule has 1 amide bonds. The second-order valence-electron chi connectivity index (χ2n) is 3.59. The summed E-state index contributed by atoms with van der Waals surface area (Å²) in [6.07, 6.45) is 2.80. The molecule has 0 saturated heterocycles. The summed E-state index contributed by atoms with van der Waals surface area (Å²) in [5.41, 5.74) is 0. The third-order valence-electron chi connectivity index (χ3n) is 2.44. The van der Waals surface area contributed by atoms with Crippen LogP contribution in [0.4, 0.5) is 0 Å². The molecule has 0 fully saturated rings. The van der Waals surface area contributed by atoms with Gasteiger partial charge in [0.05, 0.1) is 6.26 Å². The first-order chi connectivity index (χ1) is 7.15. The fourth-order valence-corrected chi connectivity index (χ4v) is 1.64. The van der Waals surface area contributed by atoms with E-state index in [2.05, 4.69) is 15.9 Å². The van der Waals surface area contributed by atoms with Gasteiger partial charge >= 0.3 is 0 Å². The van der Waals surface area contributed by atoms with E-state index >= 15 is 0 Å². The van der Waals surface area contributed by atoms with E-state index in [1.54, 1.807) is 11.2 Å². The highest BCUT2D eigenvalue weighted by Crippen LogP contribution is 2.07. The predicted octanol–water partition coefficient (Wildman–Crippen LogP) is 2.45. The minimum atomic E-state index is 0.151. The molecule has 1 rings (SSSR count). The molecule has 0 aliphatic carbocycles. The van der Waals surface area contributed by atoms with Crippen LogP contribution in [0.25, 0.3) is 0 Å². The summed E-state index contributed by atoms with van der Waals surface area (Å²) >= 11 is 3.36. The predicted molar refractivity (Wildman–Crippen MR) is 63.1 cm³/mol. The van der Waals surface area contributed by atoms with Crippen molar-refractivity contribution in [2.75, 3.05) is 12.4 Å². The zero-order chi connectivity index (χ0) is 11.3. The third-order valence-corrected chi connectivity index (χ3v) is 3.38. The van der Waals surface area contributed by atoms with Crippen LogP contribution in [-0.2, 0) is 11.2 Å². The van der Waals surface area contributed by atoms with Gasteiger partial charge in [0.2, 0.25) is 5.91 Å². The van der Waals surface area contributed by atoms with Gasteiger partial charge in [0.15, 0.2) is 0 Å². The summed E-state index contributed by atoms with van der Waals surface area (Å²) < 4.78 is 5.17. The van der Waals surface area contributed by atoms with Crippen molar-refractivity contribution in [3.63, 3.8) is 0 Å². The maximum absolute atomic E-state index is 11.7. The quantitative estimate of drug-likeness (QED) is 0.773. The molecule has 84 valence electrons. The highest BCUT2D eigenvalue weighted by molar-refractivity contribution is 9.09. The molecule has 0 aliphatic rings. The fraction of sp³-hybridized carbons (Fsp3) is 0.545. The molecule has 1 atom stereocenters. The normalized spacial score (nSPS) is 12.5. The molecule has 15 heavy (non-hydrogen) atoms. The Morgan fingerprint density at radius 1 is 1.67 bits per heavy atom. The van der Waals surface area contributed by atoms with Gasteiger partial charge in [-0.25, -0.2) is 0 Å². The third kappa shape index (κ3) is 3.70. The molecule has 0 saturated carbocycles. The molecule has 4 heteroatoms. The van der Waals surface area contributed by atoms with Gasteiger partial charge in [-0.15, -0.1) is 0 Å². The van der Waals surface area contributed by atoms with E-state index in [9.17, 15) is 4.79 Å². The van der Waals surface area contributed by atoms with Crippen LogP contribution in [0, 0.1) is 0 Å². The van der Waals surface area contributed by atoms with Crippen LogP contribution in [-0.4, -0.2) is 29.2 Å². The Labute approximate surface area is 98.6 Å². The van der Waals surface area contributed by atoms with Crippen molar-refractivity contribution in [2.24, 2.45) is 0 Å². The van der Waals surface area contributed by atoms with E-state index in [1.165, 1.54) is 0 Å². The monoisotopic (exact) mass is 273 g/mol. The Balaban J connectivity index is 2.36. The van der Waals surface area contributed by atoms with Gasteiger partial charge in [0.1, 0.15) is 5.76 Å². The zero-order valence-corrected chi connectivity index (χ0v) is 10.7. The van der Waals surface area contributed by atoms with E-state index in [0.717, 1.165) is 11.1 Å². The minimum Gasteiger partial charge on any atom is -0.469 e. The van der Waals surface area contributed by atoms with Crippen LogP contribution in [0.15, 0.2) is 22.8 Å². The molecule has 1 heterocycles. The maximum Gasteiger partial charge on any atom is 0.223 e. The van der Waals surface area contributed by atoms with Gasteiger partial charge in [-0.2, -0.15) is 0 Å². The Bertz CT molecular complexity index is 298. The Morgan fingerprint density at radius 3 is 2.93 bits per heavy atom. The first-order valence-electron chi connectivity index (χ1n) is 4.99. The van der Waals surface area contributed by atoms with Crippen molar-refractivity contribution in [1.29, 1.82) is 0 Å². The summed E-state index contributed by atoms with van der Waals surface area (Å²) in [6.45, 7) is 2.01. The van der Waals surface area contributed by atoms with Crippen molar-refractivity contribution in [2.45, 2.75) is 25.8 Å². The topological polar surface area (TPSA) is 33.5 Å². The van der Waals surface area contributed by atoms with Crippen LogP contribution in [0.1, 0.15) is 19.1 Å². The molecule has 0 aliphatic heterocycles. The first-order valence-corrected chi connectivity index (χ1v) is 6.11. The SMILES string of the molecule is CC(CBr)N(C)C(=O)CCc1ccco1. The average Bonchev–Trinajstić information content (AvgIpc) is 2.76. The lowest BCUT2D eigenvalue weighted by Crippen LogP contribution is -2.36. The molecule has 1 aromatic rings. The molecule has 1 unspecified atom stereocenters. The average molecular weight is 274 g/mol. The van der Waals surface area contributed by atoms with Gasteiger partial charge in [-0.3, -0.25) is 4.79 Å². The minimum absolute atomic E-state index is 0.151. The van der Waals surface area contributed by atoms with Gasteiger partial charge in [0, 0.05) is 31.3 Å². The van der Waals surface area contributed by atoms with Gasteiger partial charge in [0.25, 0.3) is 0 Å². The van der Waals surface area contributed by atoms with Crippen molar-refractivity contribution in [3.8, 4) is 0 Å². The van der Waals surface area contributed by atoms with E-state index in [0.29, 0.717) is 12.8 Å². The second-order valence-corrected chi connectivity index (χ2v) is 4.23. The molecule has 3 nitrogen and oxygen atoms in total. The molecular weight excluding hydrogens is 258 g/mol.